The molecule has 0 saturated carbocycles. The second-order valence-electron chi connectivity index (χ2n) is 5.07. The summed E-state index contributed by atoms with van der Waals surface area (Å²) in [4.78, 5) is 12.2. The van der Waals surface area contributed by atoms with Gasteiger partial charge in [-0.3, -0.25) is 4.98 Å². The summed E-state index contributed by atoms with van der Waals surface area (Å²) in [5.41, 5.74) is 2.82. The molecule has 0 aliphatic rings. The highest BCUT2D eigenvalue weighted by Crippen LogP contribution is 2.24. The van der Waals surface area contributed by atoms with E-state index in [1.807, 2.05) is 60.9 Å². The van der Waals surface area contributed by atoms with E-state index in [-0.39, 0.29) is 0 Å². The van der Waals surface area contributed by atoms with E-state index >= 15 is 0 Å². The molecule has 0 radical (unpaired) electrons. The Balaban J connectivity index is 1.74. The average Bonchev–Trinajstić information content (AvgIpc) is 3.05. The molecule has 4 heteroatoms. The van der Waals surface area contributed by atoms with Crippen molar-refractivity contribution < 1.29 is 0 Å². The van der Waals surface area contributed by atoms with E-state index in [1.54, 1.807) is 0 Å². The van der Waals surface area contributed by atoms with Gasteiger partial charge in [-0.25, -0.2) is 4.98 Å². The number of rotatable bonds is 2. The number of aromatic amines is 1. The molecule has 0 aliphatic heterocycles. The molecule has 2 aromatic carbocycles. The molecule has 4 rings (SSSR count). The van der Waals surface area contributed by atoms with Gasteiger partial charge in [0.15, 0.2) is 5.82 Å². The first kappa shape index (κ1) is 13.0. The molecule has 1 N–H and O–H groups in total. The van der Waals surface area contributed by atoms with E-state index in [9.17, 15) is 0 Å². The Bertz CT molecular complexity index is 942. The molecule has 0 fully saturated rings. The number of halogens is 1. The lowest BCUT2D eigenvalue weighted by molar-refractivity contribution is 1.24. The number of hydrogen-bond acceptors (Lipinski definition) is 2. The maximum atomic E-state index is 5.92. The molecule has 0 saturated heterocycles. The first-order chi connectivity index (χ1) is 10.8. The minimum Gasteiger partial charge on any atom is -0.337 e. The molecule has 0 aliphatic carbocycles. The summed E-state index contributed by atoms with van der Waals surface area (Å²) in [5, 5.41) is 2.99. The fraction of sp³-hybridized carbons (Fsp3) is 0. The number of fused-ring (bicyclic) bond motifs is 1. The van der Waals surface area contributed by atoms with Gasteiger partial charge in [0.25, 0.3) is 0 Å². The van der Waals surface area contributed by atoms with Crippen molar-refractivity contribution in [2.24, 2.45) is 0 Å². The van der Waals surface area contributed by atoms with Gasteiger partial charge in [-0.2, -0.15) is 0 Å². The third kappa shape index (κ3) is 2.36. The Morgan fingerprint density at radius 1 is 0.818 bits per heavy atom. The monoisotopic (exact) mass is 305 g/mol. The van der Waals surface area contributed by atoms with Crippen LogP contribution >= 0.6 is 11.6 Å². The minimum absolute atomic E-state index is 0.722. The van der Waals surface area contributed by atoms with Crippen LogP contribution in [0.1, 0.15) is 0 Å². The molecule has 22 heavy (non-hydrogen) atoms. The molecule has 4 aromatic rings. The Labute approximate surface area is 132 Å². The molecule has 3 nitrogen and oxygen atoms in total. The topological polar surface area (TPSA) is 41.6 Å². The number of benzene rings is 2. The van der Waals surface area contributed by atoms with E-state index in [2.05, 4.69) is 21.0 Å². The molecule has 0 unspecified atom stereocenters. The molecule has 0 spiro atoms. The predicted molar refractivity (Wildman–Crippen MR) is 89.8 cm³/mol. The number of pyridine rings is 1. The maximum absolute atomic E-state index is 5.92. The number of nitrogens with one attached hydrogen (secondary N) is 1. The molecule has 0 atom stereocenters. The summed E-state index contributed by atoms with van der Waals surface area (Å²) in [7, 11) is 0. The average molecular weight is 306 g/mol. The number of imidazole rings is 1. The summed E-state index contributed by atoms with van der Waals surface area (Å²) in [6, 6.07) is 17.9. The lowest BCUT2D eigenvalue weighted by Crippen LogP contribution is -1.86. The van der Waals surface area contributed by atoms with Crippen LogP contribution in [0.2, 0.25) is 5.02 Å². The number of nitrogens with zero attached hydrogens (tertiary/aromatic N) is 2. The molecule has 106 valence electrons. The van der Waals surface area contributed by atoms with Crippen LogP contribution in [-0.2, 0) is 0 Å². The normalized spacial score (nSPS) is 11.0. The largest absolute Gasteiger partial charge is 0.337 e. The first-order valence-electron chi connectivity index (χ1n) is 6.96. The summed E-state index contributed by atoms with van der Waals surface area (Å²) in [6.07, 6.45) is 3.69. The number of aromatic nitrogens is 3. The van der Waals surface area contributed by atoms with E-state index in [0.29, 0.717) is 0 Å². The maximum Gasteiger partial charge on any atom is 0.156 e. The standard InChI is InChI=1S/C18H12ClN3/c19-15-7-5-12(6-8-15)17-11-21-18(22-17)16-9-13-3-1-2-4-14(13)10-20-16/h1-11H,(H,21,22). The van der Waals surface area contributed by atoms with Crippen molar-refractivity contribution in [1.29, 1.82) is 0 Å². The van der Waals surface area contributed by atoms with Gasteiger partial charge in [-0.1, -0.05) is 48.0 Å². The van der Waals surface area contributed by atoms with Crippen LogP contribution in [0.4, 0.5) is 0 Å². The second kappa shape index (κ2) is 5.28. The van der Waals surface area contributed by atoms with Crippen LogP contribution in [0.15, 0.2) is 67.0 Å². The zero-order valence-electron chi connectivity index (χ0n) is 11.6. The van der Waals surface area contributed by atoms with Gasteiger partial charge in [0.2, 0.25) is 0 Å². The molecular formula is C18H12ClN3. The van der Waals surface area contributed by atoms with Crippen molar-refractivity contribution in [2.45, 2.75) is 0 Å². The van der Waals surface area contributed by atoms with Gasteiger partial charge in [0.1, 0.15) is 5.69 Å². The molecule has 0 bridgehead atoms. The molecule has 0 amide bonds. The highest BCUT2D eigenvalue weighted by atomic mass is 35.5. The highest BCUT2D eigenvalue weighted by Gasteiger charge is 2.07. The van der Waals surface area contributed by atoms with Gasteiger partial charge < -0.3 is 4.98 Å². The van der Waals surface area contributed by atoms with Crippen molar-refractivity contribution in [3.8, 4) is 22.8 Å². The Morgan fingerprint density at radius 3 is 2.41 bits per heavy atom. The Hall–Kier alpha value is -2.65. The zero-order chi connectivity index (χ0) is 14.9. The van der Waals surface area contributed by atoms with E-state index in [1.165, 1.54) is 0 Å². The van der Waals surface area contributed by atoms with Crippen molar-refractivity contribution >= 4 is 22.4 Å². The third-order valence-corrected chi connectivity index (χ3v) is 3.86. The zero-order valence-corrected chi connectivity index (χ0v) is 12.4. The SMILES string of the molecule is Clc1ccc(-c2cnc(-c3cc4ccccc4cn3)[nH]2)cc1. The van der Waals surface area contributed by atoms with Crippen molar-refractivity contribution in [3.63, 3.8) is 0 Å². The lowest BCUT2D eigenvalue weighted by Gasteiger charge is -2.00. The fourth-order valence-corrected chi connectivity index (χ4v) is 2.57. The Kier molecular flexibility index (Phi) is 3.13. The molecule has 2 aromatic heterocycles. The quantitative estimate of drug-likeness (QED) is 0.569. The second-order valence-corrected chi connectivity index (χ2v) is 5.51. The summed E-state index contributed by atoms with van der Waals surface area (Å²) < 4.78 is 0. The van der Waals surface area contributed by atoms with Gasteiger partial charge in [-0.15, -0.1) is 0 Å². The fourth-order valence-electron chi connectivity index (χ4n) is 2.44. The van der Waals surface area contributed by atoms with Crippen LogP contribution in [0.5, 0.6) is 0 Å². The summed E-state index contributed by atoms with van der Waals surface area (Å²) in [6.45, 7) is 0. The van der Waals surface area contributed by atoms with Gasteiger partial charge in [0.05, 0.1) is 11.9 Å². The summed E-state index contributed by atoms with van der Waals surface area (Å²) in [5.74, 6) is 0.760. The minimum atomic E-state index is 0.722. The predicted octanol–water partition coefficient (Wildman–Crippen LogP) is 4.95. The van der Waals surface area contributed by atoms with E-state index in [4.69, 9.17) is 11.6 Å². The number of hydrogen-bond donors (Lipinski definition) is 1. The van der Waals surface area contributed by atoms with E-state index in [0.717, 1.165) is 38.6 Å². The summed E-state index contributed by atoms with van der Waals surface area (Å²) >= 11 is 5.92. The van der Waals surface area contributed by atoms with Crippen LogP contribution in [-0.4, -0.2) is 15.0 Å². The van der Waals surface area contributed by atoms with Gasteiger partial charge in [-0.05, 0) is 29.1 Å². The van der Waals surface area contributed by atoms with Crippen LogP contribution in [0.3, 0.4) is 0 Å². The smallest absolute Gasteiger partial charge is 0.156 e. The van der Waals surface area contributed by atoms with E-state index < -0.39 is 0 Å². The van der Waals surface area contributed by atoms with Crippen LogP contribution in [0.25, 0.3) is 33.5 Å². The van der Waals surface area contributed by atoms with Crippen LogP contribution < -0.4 is 0 Å². The highest BCUT2D eigenvalue weighted by molar-refractivity contribution is 6.30. The first-order valence-corrected chi connectivity index (χ1v) is 7.33. The third-order valence-electron chi connectivity index (χ3n) is 3.60. The lowest BCUT2D eigenvalue weighted by atomic mass is 10.1. The Morgan fingerprint density at radius 2 is 1.59 bits per heavy atom. The number of H-pyrrole nitrogens is 1. The van der Waals surface area contributed by atoms with Crippen molar-refractivity contribution in [3.05, 3.63) is 72.0 Å². The van der Waals surface area contributed by atoms with Gasteiger partial charge in [0, 0.05) is 16.6 Å². The molecule has 2 heterocycles. The van der Waals surface area contributed by atoms with Crippen molar-refractivity contribution in [2.75, 3.05) is 0 Å². The molecular weight excluding hydrogens is 294 g/mol. The van der Waals surface area contributed by atoms with Crippen molar-refractivity contribution in [1.82, 2.24) is 15.0 Å². The van der Waals surface area contributed by atoms with Gasteiger partial charge >= 0.3 is 0 Å². The van der Waals surface area contributed by atoms with Crippen LogP contribution in [0, 0.1) is 0 Å².